The monoisotopic (exact) mass is 405 g/mol. The molecule has 8 heteroatoms. The number of imide groups is 1. The summed E-state index contributed by atoms with van der Waals surface area (Å²) >= 11 is 6.20. The SMILES string of the molecule is Cc1ccc(/C=C2\SC(=O)N(CCNC(=S)NC[C@@H]3CCCO3)C2=O)cc1. The molecule has 1 aromatic carbocycles. The lowest BCUT2D eigenvalue weighted by Crippen LogP contribution is -2.43. The van der Waals surface area contributed by atoms with Gasteiger partial charge in [0.25, 0.3) is 11.1 Å². The maximum atomic E-state index is 12.5. The first-order chi connectivity index (χ1) is 13.0. The maximum absolute atomic E-state index is 12.5. The number of nitrogens with zero attached hydrogens (tertiary/aromatic N) is 1. The molecule has 0 aromatic heterocycles. The molecule has 0 radical (unpaired) electrons. The molecule has 144 valence electrons. The van der Waals surface area contributed by atoms with Crippen LogP contribution in [0.15, 0.2) is 29.2 Å². The fourth-order valence-electron chi connectivity index (χ4n) is 2.86. The molecule has 6 nitrogen and oxygen atoms in total. The van der Waals surface area contributed by atoms with Crippen LogP contribution >= 0.6 is 24.0 Å². The number of rotatable bonds is 6. The second-order valence-corrected chi connectivity index (χ2v) is 7.92. The number of thiocarbonyl (C=S) groups is 1. The van der Waals surface area contributed by atoms with E-state index in [1.807, 2.05) is 31.2 Å². The molecule has 0 saturated carbocycles. The van der Waals surface area contributed by atoms with Crippen molar-refractivity contribution in [2.45, 2.75) is 25.9 Å². The van der Waals surface area contributed by atoms with Crippen molar-refractivity contribution in [2.24, 2.45) is 0 Å². The van der Waals surface area contributed by atoms with Gasteiger partial charge < -0.3 is 15.4 Å². The Morgan fingerprint density at radius 2 is 2.11 bits per heavy atom. The molecule has 0 unspecified atom stereocenters. The first-order valence-electron chi connectivity index (χ1n) is 8.98. The van der Waals surface area contributed by atoms with Gasteiger partial charge in [-0.3, -0.25) is 14.5 Å². The van der Waals surface area contributed by atoms with Crippen LogP contribution in [0, 0.1) is 6.92 Å². The number of amides is 2. The lowest BCUT2D eigenvalue weighted by Gasteiger charge is -2.16. The second kappa shape index (κ2) is 9.34. The zero-order valence-corrected chi connectivity index (χ0v) is 16.8. The largest absolute Gasteiger partial charge is 0.376 e. The Balaban J connectivity index is 1.45. The molecule has 1 aromatic rings. The van der Waals surface area contributed by atoms with Crippen LogP contribution in [0.1, 0.15) is 24.0 Å². The van der Waals surface area contributed by atoms with Crippen LogP contribution < -0.4 is 10.6 Å². The van der Waals surface area contributed by atoms with Crippen molar-refractivity contribution in [2.75, 3.05) is 26.2 Å². The van der Waals surface area contributed by atoms with E-state index in [4.69, 9.17) is 17.0 Å². The molecule has 2 aliphatic heterocycles. The second-order valence-electron chi connectivity index (χ2n) is 6.52. The van der Waals surface area contributed by atoms with Gasteiger partial charge in [0.15, 0.2) is 5.11 Å². The molecule has 0 bridgehead atoms. The minimum Gasteiger partial charge on any atom is -0.376 e. The third-order valence-corrected chi connectivity index (χ3v) is 5.58. The summed E-state index contributed by atoms with van der Waals surface area (Å²) in [5.41, 5.74) is 2.05. The zero-order valence-electron chi connectivity index (χ0n) is 15.2. The molecule has 2 heterocycles. The first kappa shape index (κ1) is 19.9. The Morgan fingerprint density at radius 3 is 2.81 bits per heavy atom. The summed E-state index contributed by atoms with van der Waals surface area (Å²) in [5, 5.41) is 6.40. The molecule has 2 aliphatic rings. The van der Waals surface area contributed by atoms with Gasteiger partial charge in [-0.2, -0.15) is 0 Å². The van der Waals surface area contributed by atoms with Gasteiger partial charge in [-0.05, 0) is 55.4 Å². The van der Waals surface area contributed by atoms with Gasteiger partial charge in [0, 0.05) is 26.2 Å². The van der Waals surface area contributed by atoms with Crippen LogP contribution in [0.3, 0.4) is 0 Å². The number of aryl methyl sites for hydroxylation is 1. The minimum atomic E-state index is -0.259. The predicted octanol–water partition coefficient (Wildman–Crippen LogP) is 2.67. The Kier molecular flexibility index (Phi) is 6.87. The number of nitrogens with one attached hydrogen (secondary N) is 2. The molecule has 2 amide bonds. The van der Waals surface area contributed by atoms with Crippen LogP contribution in [0.4, 0.5) is 4.79 Å². The fraction of sp³-hybridized carbons (Fsp3) is 0.421. The van der Waals surface area contributed by atoms with E-state index in [2.05, 4.69) is 10.6 Å². The highest BCUT2D eigenvalue weighted by molar-refractivity contribution is 8.18. The van der Waals surface area contributed by atoms with E-state index in [9.17, 15) is 9.59 Å². The smallest absolute Gasteiger partial charge is 0.293 e. The Labute approximate surface area is 168 Å². The maximum Gasteiger partial charge on any atom is 0.293 e. The van der Waals surface area contributed by atoms with Gasteiger partial charge in [0.2, 0.25) is 0 Å². The molecule has 2 saturated heterocycles. The molecular weight excluding hydrogens is 382 g/mol. The fourth-order valence-corrected chi connectivity index (χ4v) is 3.91. The average molecular weight is 406 g/mol. The van der Waals surface area contributed by atoms with E-state index < -0.39 is 0 Å². The van der Waals surface area contributed by atoms with E-state index >= 15 is 0 Å². The number of carbonyl (C=O) groups is 2. The number of hydrogen-bond acceptors (Lipinski definition) is 5. The van der Waals surface area contributed by atoms with Crippen molar-refractivity contribution in [3.63, 3.8) is 0 Å². The van der Waals surface area contributed by atoms with Crippen molar-refractivity contribution in [3.8, 4) is 0 Å². The van der Waals surface area contributed by atoms with Crippen molar-refractivity contribution in [1.82, 2.24) is 15.5 Å². The Morgan fingerprint density at radius 1 is 1.33 bits per heavy atom. The third kappa shape index (κ3) is 5.54. The summed E-state index contributed by atoms with van der Waals surface area (Å²) < 4.78 is 5.53. The van der Waals surface area contributed by atoms with Crippen molar-refractivity contribution < 1.29 is 14.3 Å². The molecule has 0 spiro atoms. The molecule has 27 heavy (non-hydrogen) atoms. The topological polar surface area (TPSA) is 70.7 Å². The number of carbonyl (C=O) groups excluding carboxylic acids is 2. The summed E-state index contributed by atoms with van der Waals surface area (Å²) in [6.07, 6.45) is 4.09. The molecule has 2 fully saturated rings. The Hall–Kier alpha value is -1.90. The Bertz CT molecular complexity index is 743. The molecule has 1 atom stereocenters. The number of hydrogen-bond donors (Lipinski definition) is 2. The summed E-state index contributed by atoms with van der Waals surface area (Å²) in [6.45, 7) is 4.17. The number of ether oxygens (including phenoxy) is 1. The minimum absolute atomic E-state index is 0.206. The van der Waals surface area contributed by atoms with Crippen LogP contribution in [-0.4, -0.2) is 53.5 Å². The van der Waals surface area contributed by atoms with Gasteiger partial charge in [0.05, 0.1) is 11.0 Å². The van der Waals surface area contributed by atoms with E-state index in [-0.39, 0.29) is 23.8 Å². The number of thioether (sulfide) groups is 1. The molecule has 3 rings (SSSR count). The molecular formula is C19H23N3O3S2. The van der Waals surface area contributed by atoms with Crippen molar-refractivity contribution in [3.05, 3.63) is 40.3 Å². The van der Waals surface area contributed by atoms with Crippen LogP contribution in [0.25, 0.3) is 6.08 Å². The van der Waals surface area contributed by atoms with Gasteiger partial charge in [0.1, 0.15) is 0 Å². The highest BCUT2D eigenvalue weighted by Crippen LogP contribution is 2.31. The van der Waals surface area contributed by atoms with Crippen LogP contribution in [0.5, 0.6) is 0 Å². The first-order valence-corrected chi connectivity index (χ1v) is 10.2. The predicted molar refractivity (Wildman–Crippen MR) is 111 cm³/mol. The van der Waals surface area contributed by atoms with E-state index in [0.717, 1.165) is 42.3 Å². The summed E-state index contributed by atoms with van der Waals surface area (Å²) in [5.74, 6) is -0.259. The lowest BCUT2D eigenvalue weighted by atomic mass is 10.1. The summed E-state index contributed by atoms with van der Waals surface area (Å²) in [4.78, 5) is 26.3. The van der Waals surface area contributed by atoms with Gasteiger partial charge in [-0.1, -0.05) is 29.8 Å². The quantitative estimate of drug-likeness (QED) is 0.557. The number of benzene rings is 1. The van der Waals surface area contributed by atoms with Crippen LogP contribution in [-0.2, 0) is 9.53 Å². The van der Waals surface area contributed by atoms with E-state index in [0.29, 0.717) is 23.1 Å². The average Bonchev–Trinajstić information content (AvgIpc) is 3.26. The van der Waals surface area contributed by atoms with E-state index in [1.165, 1.54) is 4.90 Å². The zero-order chi connectivity index (χ0) is 19.2. The summed E-state index contributed by atoms with van der Waals surface area (Å²) in [6, 6.07) is 7.82. The highest BCUT2D eigenvalue weighted by atomic mass is 32.2. The van der Waals surface area contributed by atoms with Gasteiger partial charge in [-0.25, -0.2) is 0 Å². The normalized spacial score (nSPS) is 21.1. The van der Waals surface area contributed by atoms with Crippen molar-refractivity contribution >= 4 is 46.3 Å². The standard InChI is InChI=1S/C19H23N3O3S2/c1-13-4-6-14(7-5-13)11-16-17(23)22(19(24)27-16)9-8-20-18(26)21-12-15-3-2-10-25-15/h4-7,11,15H,2-3,8-10,12H2,1H3,(H2,20,21,26)/b16-11-/t15-/m0/s1. The van der Waals surface area contributed by atoms with Gasteiger partial charge >= 0.3 is 0 Å². The van der Waals surface area contributed by atoms with E-state index in [1.54, 1.807) is 6.08 Å². The molecule has 0 aliphatic carbocycles. The third-order valence-electron chi connectivity index (χ3n) is 4.38. The lowest BCUT2D eigenvalue weighted by molar-refractivity contribution is -0.122. The molecule has 2 N–H and O–H groups in total. The van der Waals surface area contributed by atoms with Crippen LogP contribution in [0.2, 0.25) is 0 Å². The highest BCUT2D eigenvalue weighted by Gasteiger charge is 2.34. The van der Waals surface area contributed by atoms with Crippen molar-refractivity contribution in [1.29, 1.82) is 0 Å². The van der Waals surface area contributed by atoms with Gasteiger partial charge in [-0.15, -0.1) is 0 Å². The summed E-state index contributed by atoms with van der Waals surface area (Å²) in [7, 11) is 0.